The molecule has 1 unspecified atom stereocenters. The fourth-order valence-electron chi connectivity index (χ4n) is 1.73. The van der Waals surface area contributed by atoms with Crippen LogP contribution in [-0.2, 0) is 16.1 Å². The molecular formula is C12H22N4O2. The van der Waals surface area contributed by atoms with E-state index in [-0.39, 0.29) is 12.5 Å². The van der Waals surface area contributed by atoms with Gasteiger partial charge in [0, 0.05) is 25.9 Å². The van der Waals surface area contributed by atoms with Gasteiger partial charge in [-0.3, -0.25) is 9.48 Å². The van der Waals surface area contributed by atoms with E-state index in [9.17, 15) is 4.79 Å². The number of carbonyl (C=O) groups excluding carboxylic acids is 1. The Labute approximate surface area is 107 Å². The number of amides is 1. The zero-order valence-electron chi connectivity index (χ0n) is 11.3. The van der Waals surface area contributed by atoms with Crippen LogP contribution >= 0.6 is 0 Å². The van der Waals surface area contributed by atoms with Gasteiger partial charge in [-0.15, -0.1) is 0 Å². The summed E-state index contributed by atoms with van der Waals surface area (Å²) in [6, 6.07) is 1.44. The first-order chi connectivity index (χ1) is 8.54. The van der Waals surface area contributed by atoms with E-state index in [1.807, 2.05) is 24.6 Å². The summed E-state index contributed by atoms with van der Waals surface area (Å²) in [7, 11) is 1.52. The molecule has 0 aliphatic carbocycles. The first-order valence-electron chi connectivity index (χ1n) is 6.08. The molecule has 0 saturated heterocycles. The third kappa shape index (κ3) is 4.46. The molecule has 0 fully saturated rings. The third-order valence-electron chi connectivity index (χ3n) is 2.63. The van der Waals surface area contributed by atoms with Crippen molar-refractivity contribution >= 4 is 5.91 Å². The number of nitrogens with two attached hydrogens (primary N) is 1. The molecular weight excluding hydrogens is 232 g/mol. The number of nitrogens with one attached hydrogen (secondary N) is 1. The molecule has 18 heavy (non-hydrogen) atoms. The molecule has 0 saturated carbocycles. The Morgan fingerprint density at radius 2 is 2.33 bits per heavy atom. The smallest absolute Gasteiger partial charge is 0.239 e. The van der Waals surface area contributed by atoms with Gasteiger partial charge in [-0.25, -0.2) is 0 Å². The Balaban J connectivity index is 2.23. The van der Waals surface area contributed by atoms with Crippen LogP contribution in [0, 0.1) is 13.8 Å². The van der Waals surface area contributed by atoms with E-state index in [4.69, 9.17) is 10.5 Å². The molecule has 0 aromatic carbocycles. The molecule has 3 N–H and O–H groups in total. The molecule has 0 radical (unpaired) electrons. The van der Waals surface area contributed by atoms with Crippen molar-refractivity contribution < 1.29 is 9.53 Å². The Hall–Kier alpha value is -1.40. The lowest BCUT2D eigenvalue weighted by atomic mass is 10.3. The summed E-state index contributed by atoms with van der Waals surface area (Å²) in [5.41, 5.74) is 7.74. The van der Waals surface area contributed by atoms with Crippen molar-refractivity contribution in [1.82, 2.24) is 15.1 Å². The summed E-state index contributed by atoms with van der Waals surface area (Å²) in [4.78, 5) is 11.5. The lowest BCUT2D eigenvalue weighted by Crippen LogP contribution is -2.43. The van der Waals surface area contributed by atoms with E-state index in [0.29, 0.717) is 6.54 Å². The van der Waals surface area contributed by atoms with Crippen molar-refractivity contribution in [2.75, 3.05) is 20.3 Å². The van der Waals surface area contributed by atoms with Crippen LogP contribution in [0.1, 0.15) is 17.8 Å². The largest absolute Gasteiger partial charge is 0.383 e. The van der Waals surface area contributed by atoms with Crippen LogP contribution < -0.4 is 11.1 Å². The number of ether oxygens (including phenoxy) is 1. The average Bonchev–Trinajstić information content (AvgIpc) is 2.63. The maximum atomic E-state index is 11.5. The van der Waals surface area contributed by atoms with Gasteiger partial charge in [0.05, 0.1) is 12.3 Å². The zero-order chi connectivity index (χ0) is 13.5. The maximum Gasteiger partial charge on any atom is 0.239 e. The van der Waals surface area contributed by atoms with Crippen LogP contribution in [0.25, 0.3) is 0 Å². The minimum absolute atomic E-state index is 0.176. The highest BCUT2D eigenvalue weighted by molar-refractivity contribution is 5.81. The fourth-order valence-corrected chi connectivity index (χ4v) is 1.73. The minimum Gasteiger partial charge on any atom is -0.383 e. The van der Waals surface area contributed by atoms with E-state index in [0.717, 1.165) is 24.4 Å². The quantitative estimate of drug-likeness (QED) is 0.670. The molecule has 1 atom stereocenters. The summed E-state index contributed by atoms with van der Waals surface area (Å²) < 4.78 is 6.76. The molecule has 0 aliphatic heterocycles. The van der Waals surface area contributed by atoms with Crippen molar-refractivity contribution in [2.45, 2.75) is 32.9 Å². The first kappa shape index (κ1) is 14.7. The van der Waals surface area contributed by atoms with Gasteiger partial charge in [-0.05, 0) is 26.3 Å². The van der Waals surface area contributed by atoms with Gasteiger partial charge < -0.3 is 15.8 Å². The predicted molar refractivity (Wildman–Crippen MR) is 69.2 cm³/mol. The predicted octanol–water partition coefficient (Wildman–Crippen LogP) is -0.0201. The second kappa shape index (κ2) is 7.13. The van der Waals surface area contributed by atoms with E-state index >= 15 is 0 Å². The molecule has 0 spiro atoms. The second-order valence-corrected chi connectivity index (χ2v) is 4.36. The van der Waals surface area contributed by atoms with Gasteiger partial charge in [-0.2, -0.15) is 5.10 Å². The Bertz CT molecular complexity index is 389. The highest BCUT2D eigenvalue weighted by atomic mass is 16.5. The number of carbonyl (C=O) groups is 1. The summed E-state index contributed by atoms with van der Waals surface area (Å²) in [6.07, 6.45) is 0.827. The van der Waals surface area contributed by atoms with Gasteiger partial charge in [0.15, 0.2) is 0 Å². The summed E-state index contributed by atoms with van der Waals surface area (Å²) in [6.45, 7) is 5.61. The number of aryl methyl sites for hydroxylation is 3. The van der Waals surface area contributed by atoms with Crippen LogP contribution in [-0.4, -0.2) is 42.0 Å². The van der Waals surface area contributed by atoms with Gasteiger partial charge in [-0.1, -0.05) is 0 Å². The van der Waals surface area contributed by atoms with Crippen molar-refractivity contribution in [3.8, 4) is 0 Å². The fraction of sp³-hybridized carbons (Fsp3) is 0.667. The second-order valence-electron chi connectivity index (χ2n) is 4.36. The molecule has 1 aromatic heterocycles. The minimum atomic E-state index is -0.594. The van der Waals surface area contributed by atoms with Gasteiger partial charge in [0.25, 0.3) is 0 Å². The van der Waals surface area contributed by atoms with Crippen molar-refractivity contribution in [2.24, 2.45) is 5.73 Å². The van der Waals surface area contributed by atoms with Crippen LogP contribution in [0.15, 0.2) is 6.07 Å². The highest BCUT2D eigenvalue weighted by Gasteiger charge is 2.11. The lowest BCUT2D eigenvalue weighted by molar-refractivity contribution is -0.123. The molecule has 6 nitrogen and oxygen atoms in total. The Kier molecular flexibility index (Phi) is 5.80. The van der Waals surface area contributed by atoms with Crippen molar-refractivity contribution in [3.63, 3.8) is 0 Å². The summed E-state index contributed by atoms with van der Waals surface area (Å²) in [5.74, 6) is -0.176. The molecule has 1 amide bonds. The van der Waals surface area contributed by atoms with Gasteiger partial charge in [0.2, 0.25) is 5.91 Å². The topological polar surface area (TPSA) is 82.2 Å². The van der Waals surface area contributed by atoms with Crippen LogP contribution in [0.5, 0.6) is 0 Å². The maximum absolute atomic E-state index is 11.5. The lowest BCUT2D eigenvalue weighted by Gasteiger charge is -2.11. The first-order valence-corrected chi connectivity index (χ1v) is 6.08. The van der Waals surface area contributed by atoms with E-state index in [1.165, 1.54) is 7.11 Å². The normalized spacial score (nSPS) is 12.4. The molecule has 1 heterocycles. The molecule has 0 aliphatic rings. The summed E-state index contributed by atoms with van der Waals surface area (Å²) in [5, 5.41) is 7.13. The molecule has 102 valence electrons. The van der Waals surface area contributed by atoms with Crippen molar-refractivity contribution in [1.29, 1.82) is 0 Å². The standard InChI is InChI=1S/C12H22N4O2/c1-9-7-10(2)16(15-9)6-4-5-14-12(17)11(13)8-18-3/h7,11H,4-6,8,13H2,1-3H3,(H,14,17). The monoisotopic (exact) mass is 254 g/mol. The van der Waals surface area contributed by atoms with E-state index in [1.54, 1.807) is 0 Å². The average molecular weight is 254 g/mol. The van der Waals surface area contributed by atoms with E-state index in [2.05, 4.69) is 10.4 Å². The van der Waals surface area contributed by atoms with Gasteiger partial charge in [0.1, 0.15) is 6.04 Å². The number of methoxy groups -OCH3 is 1. The Morgan fingerprint density at radius 3 is 2.89 bits per heavy atom. The SMILES string of the molecule is COCC(N)C(=O)NCCCn1nc(C)cc1C. The number of rotatable bonds is 7. The number of hydrogen-bond acceptors (Lipinski definition) is 4. The van der Waals surface area contributed by atoms with Crippen LogP contribution in [0.4, 0.5) is 0 Å². The number of nitrogens with zero attached hydrogens (tertiary/aromatic N) is 2. The summed E-state index contributed by atoms with van der Waals surface area (Å²) >= 11 is 0. The molecule has 6 heteroatoms. The third-order valence-corrected chi connectivity index (χ3v) is 2.63. The molecule has 1 aromatic rings. The van der Waals surface area contributed by atoms with Gasteiger partial charge >= 0.3 is 0 Å². The van der Waals surface area contributed by atoms with E-state index < -0.39 is 6.04 Å². The number of hydrogen-bond donors (Lipinski definition) is 2. The highest BCUT2D eigenvalue weighted by Crippen LogP contribution is 2.02. The Morgan fingerprint density at radius 1 is 1.61 bits per heavy atom. The molecule has 1 rings (SSSR count). The van der Waals surface area contributed by atoms with Crippen LogP contribution in [0.3, 0.4) is 0 Å². The molecule has 0 bridgehead atoms. The van der Waals surface area contributed by atoms with Crippen LogP contribution in [0.2, 0.25) is 0 Å². The van der Waals surface area contributed by atoms with Crippen molar-refractivity contribution in [3.05, 3.63) is 17.5 Å². The number of aromatic nitrogens is 2. The zero-order valence-corrected chi connectivity index (χ0v) is 11.3.